The molecule has 0 atom stereocenters. The Balaban J connectivity index is 2.85. The van der Waals surface area contributed by atoms with Crippen molar-refractivity contribution in [3.8, 4) is 0 Å². The highest BCUT2D eigenvalue weighted by atomic mass is 35.5. The molecule has 0 radical (unpaired) electrons. The van der Waals surface area contributed by atoms with Crippen LogP contribution in [0.15, 0.2) is 12.4 Å². The van der Waals surface area contributed by atoms with Gasteiger partial charge >= 0.3 is 0 Å². The average molecular weight is 163 g/mol. The van der Waals surface area contributed by atoms with Crippen LogP contribution in [0.5, 0.6) is 0 Å². The summed E-state index contributed by atoms with van der Waals surface area (Å²) in [5.41, 5.74) is 0. The lowest BCUT2D eigenvalue weighted by atomic mass is 10.8. The van der Waals surface area contributed by atoms with Gasteiger partial charge < -0.3 is 0 Å². The quantitative estimate of drug-likeness (QED) is 0.578. The van der Waals surface area contributed by atoms with E-state index in [2.05, 4.69) is 18.4 Å². The number of rotatable bonds is 1. The third kappa shape index (κ3) is 1.67. The van der Waals surface area contributed by atoms with E-state index in [1.807, 2.05) is 10.6 Å². The summed E-state index contributed by atoms with van der Waals surface area (Å²) in [6.07, 6.45) is 3.50. The SMILES string of the molecule is CP(C)n1cc(Cl)cn1. The number of halogens is 1. The van der Waals surface area contributed by atoms with Gasteiger partial charge in [0.1, 0.15) is 0 Å². The van der Waals surface area contributed by atoms with E-state index < -0.39 is 0 Å². The molecule has 0 saturated heterocycles. The van der Waals surface area contributed by atoms with Gasteiger partial charge in [-0.3, -0.25) is 4.45 Å². The van der Waals surface area contributed by atoms with E-state index in [-0.39, 0.29) is 8.07 Å². The molecular weight excluding hydrogens is 154 g/mol. The second-order valence-electron chi connectivity index (χ2n) is 1.93. The van der Waals surface area contributed by atoms with Crippen LogP contribution in [0.3, 0.4) is 0 Å². The van der Waals surface area contributed by atoms with Crippen LogP contribution in [-0.4, -0.2) is 22.9 Å². The summed E-state index contributed by atoms with van der Waals surface area (Å²) >= 11 is 5.63. The zero-order valence-corrected chi connectivity index (χ0v) is 7.02. The third-order valence-electron chi connectivity index (χ3n) is 0.948. The van der Waals surface area contributed by atoms with Gasteiger partial charge in [-0.15, -0.1) is 0 Å². The molecular formula is C5H8ClN2P. The zero-order valence-electron chi connectivity index (χ0n) is 5.37. The van der Waals surface area contributed by atoms with Crippen molar-refractivity contribution in [1.29, 1.82) is 0 Å². The summed E-state index contributed by atoms with van der Waals surface area (Å²) in [6.45, 7) is 4.25. The summed E-state index contributed by atoms with van der Waals surface area (Å²) in [5.74, 6) is 0. The number of hydrogen-bond acceptors (Lipinski definition) is 1. The standard InChI is InChI=1S/C5H8ClN2P/c1-9(2)8-4-5(6)3-7-8/h3-4H,1-2H3. The van der Waals surface area contributed by atoms with Gasteiger partial charge in [0.2, 0.25) is 0 Å². The van der Waals surface area contributed by atoms with Crippen LogP contribution < -0.4 is 0 Å². The van der Waals surface area contributed by atoms with Crippen molar-refractivity contribution < 1.29 is 0 Å². The normalized spacial score (nSPS) is 10.7. The molecule has 0 N–H and O–H groups in total. The van der Waals surface area contributed by atoms with Crippen LogP contribution in [0.2, 0.25) is 5.02 Å². The molecule has 0 fully saturated rings. The highest BCUT2D eigenvalue weighted by molar-refractivity contribution is 7.54. The molecule has 0 spiro atoms. The van der Waals surface area contributed by atoms with Crippen molar-refractivity contribution >= 4 is 19.7 Å². The Hall–Kier alpha value is -0.0700. The van der Waals surface area contributed by atoms with Crippen LogP contribution in [0, 0.1) is 0 Å². The van der Waals surface area contributed by atoms with Crippen molar-refractivity contribution in [2.24, 2.45) is 0 Å². The topological polar surface area (TPSA) is 17.8 Å². The first-order valence-electron chi connectivity index (χ1n) is 2.58. The molecule has 1 aromatic heterocycles. The van der Waals surface area contributed by atoms with Gasteiger partial charge in [0.15, 0.2) is 0 Å². The maximum absolute atomic E-state index is 5.63. The minimum absolute atomic E-state index is 0.154. The third-order valence-corrected chi connectivity index (χ3v) is 2.18. The number of aromatic nitrogens is 2. The van der Waals surface area contributed by atoms with Gasteiger partial charge in [-0.05, 0) is 13.3 Å². The minimum Gasteiger partial charge on any atom is -0.251 e. The van der Waals surface area contributed by atoms with Crippen molar-refractivity contribution in [2.75, 3.05) is 13.3 Å². The summed E-state index contributed by atoms with van der Waals surface area (Å²) in [4.78, 5) is 0. The second-order valence-corrected chi connectivity index (χ2v) is 4.47. The molecule has 4 heteroatoms. The molecule has 1 heterocycles. The molecule has 0 bridgehead atoms. The first kappa shape index (κ1) is 7.04. The molecule has 1 aromatic rings. The Morgan fingerprint density at radius 1 is 1.67 bits per heavy atom. The van der Waals surface area contributed by atoms with Crippen LogP contribution >= 0.6 is 19.7 Å². The van der Waals surface area contributed by atoms with Crippen molar-refractivity contribution in [2.45, 2.75) is 0 Å². The fourth-order valence-electron chi connectivity index (χ4n) is 0.510. The summed E-state index contributed by atoms with van der Waals surface area (Å²) in [5, 5.41) is 4.74. The first-order chi connectivity index (χ1) is 4.20. The van der Waals surface area contributed by atoms with Crippen LogP contribution in [0.25, 0.3) is 0 Å². The molecule has 9 heavy (non-hydrogen) atoms. The molecule has 50 valence electrons. The van der Waals surface area contributed by atoms with E-state index in [1.165, 1.54) is 0 Å². The first-order valence-corrected chi connectivity index (χ1v) is 5.14. The fraction of sp³-hybridized carbons (Fsp3) is 0.400. The minimum atomic E-state index is -0.154. The molecule has 0 unspecified atom stereocenters. The lowest BCUT2D eigenvalue weighted by Crippen LogP contribution is -1.87. The molecule has 0 aliphatic carbocycles. The van der Waals surface area contributed by atoms with Crippen molar-refractivity contribution in [1.82, 2.24) is 9.55 Å². The Labute approximate surface area is 60.6 Å². The van der Waals surface area contributed by atoms with E-state index in [4.69, 9.17) is 11.6 Å². The average Bonchev–Trinajstić information content (AvgIpc) is 2.14. The highest BCUT2D eigenvalue weighted by Gasteiger charge is 1.96. The molecule has 2 nitrogen and oxygen atoms in total. The van der Waals surface area contributed by atoms with E-state index >= 15 is 0 Å². The summed E-state index contributed by atoms with van der Waals surface area (Å²) in [6, 6.07) is 0. The van der Waals surface area contributed by atoms with Crippen molar-refractivity contribution in [3.63, 3.8) is 0 Å². The Morgan fingerprint density at radius 3 is 2.56 bits per heavy atom. The summed E-state index contributed by atoms with van der Waals surface area (Å²) < 4.78 is 1.89. The Kier molecular flexibility index (Phi) is 2.09. The summed E-state index contributed by atoms with van der Waals surface area (Å²) in [7, 11) is -0.154. The molecule has 0 amide bonds. The number of nitrogens with zero attached hydrogens (tertiary/aromatic N) is 2. The van der Waals surface area contributed by atoms with Crippen molar-refractivity contribution in [3.05, 3.63) is 17.4 Å². The second kappa shape index (κ2) is 2.68. The maximum atomic E-state index is 5.63. The Morgan fingerprint density at radius 2 is 2.33 bits per heavy atom. The molecule has 0 aliphatic heterocycles. The number of hydrogen-bond donors (Lipinski definition) is 0. The van der Waals surface area contributed by atoms with Gasteiger partial charge in [-0.2, -0.15) is 5.10 Å². The van der Waals surface area contributed by atoms with E-state index in [0.717, 1.165) is 0 Å². The highest BCUT2D eigenvalue weighted by Crippen LogP contribution is 2.26. The molecule has 1 rings (SSSR count). The van der Waals surface area contributed by atoms with E-state index in [0.29, 0.717) is 5.02 Å². The maximum Gasteiger partial charge on any atom is 0.0789 e. The van der Waals surface area contributed by atoms with E-state index in [1.54, 1.807) is 6.20 Å². The largest absolute Gasteiger partial charge is 0.251 e. The van der Waals surface area contributed by atoms with Gasteiger partial charge in [0.05, 0.1) is 11.2 Å². The van der Waals surface area contributed by atoms with Crippen LogP contribution in [0.4, 0.5) is 0 Å². The van der Waals surface area contributed by atoms with Crippen LogP contribution in [0.1, 0.15) is 0 Å². The molecule has 0 saturated carbocycles. The zero-order chi connectivity index (χ0) is 6.85. The Bertz CT molecular complexity index is 197. The predicted molar refractivity (Wildman–Crippen MR) is 41.4 cm³/mol. The predicted octanol–water partition coefficient (Wildman–Crippen LogP) is 2.04. The van der Waals surface area contributed by atoms with E-state index in [9.17, 15) is 0 Å². The smallest absolute Gasteiger partial charge is 0.0789 e. The van der Waals surface area contributed by atoms with Crippen LogP contribution in [-0.2, 0) is 0 Å². The monoisotopic (exact) mass is 162 g/mol. The molecule has 0 aliphatic rings. The lowest BCUT2D eigenvalue weighted by Gasteiger charge is -2.02. The fourth-order valence-corrected chi connectivity index (χ4v) is 1.33. The van der Waals surface area contributed by atoms with Gasteiger partial charge in [0, 0.05) is 14.3 Å². The van der Waals surface area contributed by atoms with Gasteiger partial charge in [-0.25, -0.2) is 0 Å². The lowest BCUT2D eigenvalue weighted by molar-refractivity contribution is 0.992. The van der Waals surface area contributed by atoms with Gasteiger partial charge in [-0.1, -0.05) is 11.6 Å². The molecule has 0 aromatic carbocycles. The van der Waals surface area contributed by atoms with Gasteiger partial charge in [0.25, 0.3) is 0 Å².